The van der Waals surface area contributed by atoms with E-state index in [1.807, 2.05) is 20.8 Å². The molecule has 0 radical (unpaired) electrons. The molecule has 1 N–H and O–H groups in total. The van der Waals surface area contributed by atoms with E-state index in [4.69, 9.17) is 4.84 Å². The molecule has 1 saturated heterocycles. The van der Waals surface area contributed by atoms with Gasteiger partial charge in [0.05, 0.1) is 18.5 Å². The fourth-order valence-corrected chi connectivity index (χ4v) is 1.18. The van der Waals surface area contributed by atoms with E-state index < -0.39 is 5.41 Å². The van der Waals surface area contributed by atoms with Crippen molar-refractivity contribution in [1.29, 1.82) is 0 Å². The third kappa shape index (κ3) is 2.96. The van der Waals surface area contributed by atoms with Gasteiger partial charge in [0.25, 0.3) is 0 Å². The highest BCUT2D eigenvalue weighted by Gasteiger charge is 2.32. The van der Waals surface area contributed by atoms with Gasteiger partial charge in [-0.2, -0.15) is 0 Å². The summed E-state index contributed by atoms with van der Waals surface area (Å²) in [6.45, 7) is 10.2. The van der Waals surface area contributed by atoms with Crippen molar-refractivity contribution in [1.82, 2.24) is 10.4 Å². The molecule has 82 valence electrons. The van der Waals surface area contributed by atoms with E-state index in [1.54, 1.807) is 5.06 Å². The van der Waals surface area contributed by atoms with Crippen LogP contribution in [0, 0.1) is 5.41 Å². The van der Waals surface area contributed by atoms with Crippen molar-refractivity contribution >= 4 is 5.97 Å². The highest BCUT2D eigenvalue weighted by molar-refractivity contribution is 5.75. The molecule has 0 aromatic heterocycles. The molecule has 0 atom stereocenters. The summed E-state index contributed by atoms with van der Waals surface area (Å²) < 4.78 is 0. The van der Waals surface area contributed by atoms with Gasteiger partial charge in [0, 0.05) is 6.04 Å². The molecule has 0 aromatic rings. The standard InChI is InChI=1S/C10H20N2O2/c1-5-11-8-6-12(7-8)14-9(13)10(2,3)4/h8,11H,5-7H2,1-4H3. The maximum Gasteiger partial charge on any atom is 0.330 e. The number of carbonyl (C=O) groups excluding carboxylic acids is 1. The van der Waals surface area contributed by atoms with Gasteiger partial charge in [-0.05, 0) is 27.3 Å². The van der Waals surface area contributed by atoms with Crippen LogP contribution in [0.1, 0.15) is 27.7 Å². The van der Waals surface area contributed by atoms with Crippen LogP contribution in [0.5, 0.6) is 0 Å². The second-order valence-electron chi connectivity index (χ2n) is 4.73. The third-order valence-corrected chi connectivity index (χ3v) is 2.17. The molecule has 4 heteroatoms. The van der Waals surface area contributed by atoms with E-state index in [-0.39, 0.29) is 5.97 Å². The predicted octanol–water partition coefficient (Wildman–Crippen LogP) is 0.784. The van der Waals surface area contributed by atoms with Gasteiger partial charge in [-0.1, -0.05) is 6.92 Å². The van der Waals surface area contributed by atoms with E-state index in [9.17, 15) is 4.79 Å². The zero-order valence-electron chi connectivity index (χ0n) is 9.46. The molecule has 0 amide bonds. The molecule has 0 saturated carbocycles. The van der Waals surface area contributed by atoms with Gasteiger partial charge in [0.15, 0.2) is 0 Å². The number of nitrogens with one attached hydrogen (secondary N) is 1. The Bertz CT molecular complexity index is 205. The van der Waals surface area contributed by atoms with Crippen LogP contribution in [0.4, 0.5) is 0 Å². The number of hydrogen-bond donors (Lipinski definition) is 1. The zero-order valence-corrected chi connectivity index (χ0v) is 9.46. The smallest absolute Gasteiger partial charge is 0.330 e. The van der Waals surface area contributed by atoms with E-state index in [0.29, 0.717) is 6.04 Å². The minimum Gasteiger partial charge on any atom is -0.367 e. The molecule has 1 fully saturated rings. The normalized spacial score (nSPS) is 19.1. The van der Waals surface area contributed by atoms with Crippen LogP contribution in [-0.2, 0) is 9.63 Å². The number of carbonyl (C=O) groups is 1. The Labute approximate surface area is 85.6 Å². The first-order valence-electron chi connectivity index (χ1n) is 5.14. The lowest BCUT2D eigenvalue weighted by Crippen LogP contribution is -2.58. The van der Waals surface area contributed by atoms with E-state index in [2.05, 4.69) is 12.2 Å². The topological polar surface area (TPSA) is 41.6 Å². The quantitative estimate of drug-likeness (QED) is 0.731. The first-order valence-corrected chi connectivity index (χ1v) is 5.14. The maximum atomic E-state index is 11.4. The van der Waals surface area contributed by atoms with Crippen LogP contribution >= 0.6 is 0 Å². The summed E-state index contributed by atoms with van der Waals surface area (Å²) >= 11 is 0. The van der Waals surface area contributed by atoms with E-state index >= 15 is 0 Å². The largest absolute Gasteiger partial charge is 0.367 e. The summed E-state index contributed by atoms with van der Waals surface area (Å²) in [6, 6.07) is 0.479. The summed E-state index contributed by atoms with van der Waals surface area (Å²) in [4.78, 5) is 16.6. The molecule has 1 rings (SSSR count). The molecular formula is C10H20N2O2. The van der Waals surface area contributed by atoms with Crippen molar-refractivity contribution in [2.75, 3.05) is 19.6 Å². The lowest BCUT2D eigenvalue weighted by Gasteiger charge is -2.38. The first-order chi connectivity index (χ1) is 6.43. The molecular weight excluding hydrogens is 180 g/mol. The lowest BCUT2D eigenvalue weighted by atomic mass is 9.98. The van der Waals surface area contributed by atoms with Crippen molar-refractivity contribution in [3.63, 3.8) is 0 Å². The Kier molecular flexibility index (Phi) is 3.50. The maximum absolute atomic E-state index is 11.4. The van der Waals surface area contributed by atoms with Gasteiger partial charge >= 0.3 is 5.97 Å². The number of hydrogen-bond acceptors (Lipinski definition) is 4. The average Bonchev–Trinajstić information content (AvgIpc) is 1.98. The Hall–Kier alpha value is -0.610. The molecule has 1 aliphatic rings. The minimum atomic E-state index is -0.413. The summed E-state index contributed by atoms with van der Waals surface area (Å²) in [5, 5.41) is 5.00. The van der Waals surface area contributed by atoms with Crippen LogP contribution in [0.3, 0.4) is 0 Å². The highest BCUT2D eigenvalue weighted by atomic mass is 16.7. The first kappa shape index (κ1) is 11.5. The monoisotopic (exact) mass is 200 g/mol. The zero-order chi connectivity index (χ0) is 10.8. The molecule has 4 nitrogen and oxygen atoms in total. The van der Waals surface area contributed by atoms with Gasteiger partial charge in [0.2, 0.25) is 0 Å². The molecule has 1 aliphatic heterocycles. The summed E-state index contributed by atoms with van der Waals surface area (Å²) in [5.41, 5.74) is -0.413. The molecule has 1 heterocycles. The predicted molar refractivity (Wildman–Crippen MR) is 54.6 cm³/mol. The SMILES string of the molecule is CCNC1CN(OC(=O)C(C)(C)C)C1. The molecule has 14 heavy (non-hydrogen) atoms. The number of nitrogens with zero attached hydrogens (tertiary/aromatic N) is 1. The number of rotatable bonds is 3. The van der Waals surface area contributed by atoms with Crippen molar-refractivity contribution in [3.05, 3.63) is 0 Å². The molecule has 0 unspecified atom stereocenters. The fourth-order valence-electron chi connectivity index (χ4n) is 1.18. The van der Waals surface area contributed by atoms with Crippen LogP contribution < -0.4 is 5.32 Å². The van der Waals surface area contributed by atoms with Crippen LogP contribution in [0.2, 0.25) is 0 Å². The van der Waals surface area contributed by atoms with Crippen LogP contribution in [0.25, 0.3) is 0 Å². The van der Waals surface area contributed by atoms with Crippen LogP contribution in [0.15, 0.2) is 0 Å². The number of likely N-dealkylation sites (N-methyl/N-ethyl adjacent to an activating group) is 1. The van der Waals surface area contributed by atoms with Crippen LogP contribution in [-0.4, -0.2) is 36.7 Å². The van der Waals surface area contributed by atoms with Crippen molar-refractivity contribution in [2.45, 2.75) is 33.7 Å². The Balaban J connectivity index is 2.20. The Morgan fingerprint density at radius 3 is 2.50 bits per heavy atom. The summed E-state index contributed by atoms with van der Waals surface area (Å²) in [6.07, 6.45) is 0. The van der Waals surface area contributed by atoms with Gasteiger partial charge in [-0.3, -0.25) is 0 Å². The van der Waals surface area contributed by atoms with Gasteiger partial charge in [0.1, 0.15) is 0 Å². The third-order valence-electron chi connectivity index (χ3n) is 2.17. The van der Waals surface area contributed by atoms with Crippen molar-refractivity contribution in [2.24, 2.45) is 5.41 Å². The second kappa shape index (κ2) is 4.28. The van der Waals surface area contributed by atoms with Crippen molar-refractivity contribution in [3.8, 4) is 0 Å². The van der Waals surface area contributed by atoms with Crippen molar-refractivity contribution < 1.29 is 9.63 Å². The van der Waals surface area contributed by atoms with E-state index in [0.717, 1.165) is 19.6 Å². The molecule has 0 spiro atoms. The second-order valence-corrected chi connectivity index (χ2v) is 4.73. The molecule has 0 aliphatic carbocycles. The average molecular weight is 200 g/mol. The fraction of sp³-hybridized carbons (Fsp3) is 0.900. The van der Waals surface area contributed by atoms with E-state index in [1.165, 1.54) is 0 Å². The number of hydroxylamine groups is 2. The lowest BCUT2D eigenvalue weighted by molar-refractivity contribution is -0.222. The minimum absolute atomic E-state index is 0.160. The van der Waals surface area contributed by atoms with Gasteiger partial charge in [-0.25, -0.2) is 4.79 Å². The summed E-state index contributed by atoms with van der Waals surface area (Å²) in [7, 11) is 0. The molecule has 0 aromatic carbocycles. The Morgan fingerprint density at radius 2 is 2.07 bits per heavy atom. The Morgan fingerprint density at radius 1 is 1.50 bits per heavy atom. The van der Waals surface area contributed by atoms with Gasteiger partial charge < -0.3 is 10.2 Å². The summed E-state index contributed by atoms with van der Waals surface area (Å²) in [5.74, 6) is -0.160. The highest BCUT2D eigenvalue weighted by Crippen LogP contribution is 2.18. The molecule has 0 bridgehead atoms. The van der Waals surface area contributed by atoms with Gasteiger partial charge in [-0.15, -0.1) is 5.06 Å².